The first kappa shape index (κ1) is 12.9. The van der Waals surface area contributed by atoms with Crippen LogP contribution in [-0.4, -0.2) is 27.0 Å². The van der Waals surface area contributed by atoms with Gasteiger partial charge in [0, 0.05) is 21.8 Å². The lowest BCUT2D eigenvalue weighted by atomic mass is 9.89. The second kappa shape index (κ2) is 4.86. The van der Waals surface area contributed by atoms with E-state index in [1.54, 1.807) is 0 Å². The summed E-state index contributed by atoms with van der Waals surface area (Å²) in [5.74, 6) is 0. The van der Waals surface area contributed by atoms with Crippen molar-refractivity contribution in [1.82, 2.24) is 4.57 Å². The summed E-state index contributed by atoms with van der Waals surface area (Å²) in [6, 6.07) is 16.5. The smallest absolute Gasteiger partial charge is 0.101 e. The van der Waals surface area contributed by atoms with Crippen molar-refractivity contribution >= 4 is 21.8 Å². The Labute approximate surface area is 123 Å². The van der Waals surface area contributed by atoms with E-state index in [-0.39, 0.29) is 6.04 Å². The van der Waals surface area contributed by atoms with Crippen LogP contribution >= 0.6 is 0 Å². The minimum absolute atomic E-state index is 0.0569. The van der Waals surface area contributed by atoms with Gasteiger partial charge in [-0.25, -0.2) is 0 Å². The maximum atomic E-state index is 10.5. The maximum absolute atomic E-state index is 10.5. The van der Waals surface area contributed by atoms with Crippen LogP contribution in [0, 0.1) is 0 Å². The Morgan fingerprint density at radius 3 is 2.00 bits per heavy atom. The minimum atomic E-state index is -0.696. The van der Waals surface area contributed by atoms with Crippen LogP contribution in [0.25, 0.3) is 21.8 Å². The molecule has 3 heteroatoms. The number of rotatable bonds is 1. The predicted octanol–water partition coefficient (Wildman–Crippen LogP) is 3.24. The summed E-state index contributed by atoms with van der Waals surface area (Å²) >= 11 is 0. The number of aliphatic hydroxyl groups excluding tert-OH is 2. The van der Waals surface area contributed by atoms with Crippen LogP contribution in [0.15, 0.2) is 48.5 Å². The number of nitrogens with zero attached hydrogens (tertiary/aromatic N) is 1. The molecule has 1 fully saturated rings. The van der Waals surface area contributed by atoms with Gasteiger partial charge in [0.15, 0.2) is 0 Å². The predicted molar refractivity (Wildman–Crippen MR) is 84.3 cm³/mol. The summed E-state index contributed by atoms with van der Waals surface area (Å²) in [6.45, 7) is 0. The van der Waals surface area contributed by atoms with Crippen LogP contribution in [0.3, 0.4) is 0 Å². The van der Waals surface area contributed by atoms with E-state index >= 15 is 0 Å². The van der Waals surface area contributed by atoms with Gasteiger partial charge in [0.1, 0.15) is 6.10 Å². The van der Waals surface area contributed by atoms with Gasteiger partial charge in [0.05, 0.1) is 12.1 Å². The van der Waals surface area contributed by atoms with Crippen molar-refractivity contribution < 1.29 is 10.2 Å². The van der Waals surface area contributed by atoms with Crippen molar-refractivity contribution in [2.45, 2.75) is 37.5 Å². The SMILES string of the molecule is O[C@@H]1[C@H](O)CCC[C@H]1n1c2ccccc2c2ccccc21. The molecule has 0 unspecified atom stereocenters. The molecule has 1 heterocycles. The van der Waals surface area contributed by atoms with Crippen LogP contribution in [0.1, 0.15) is 25.3 Å². The molecule has 1 aliphatic carbocycles. The Bertz CT molecular complexity index is 739. The molecule has 108 valence electrons. The molecule has 0 saturated heterocycles. The number of aromatic nitrogens is 1. The van der Waals surface area contributed by atoms with Gasteiger partial charge in [-0.05, 0) is 31.4 Å². The molecule has 3 atom stereocenters. The number of benzene rings is 2. The zero-order valence-electron chi connectivity index (χ0n) is 11.8. The molecular weight excluding hydrogens is 262 g/mol. The third kappa shape index (κ3) is 1.88. The summed E-state index contributed by atoms with van der Waals surface area (Å²) in [7, 11) is 0. The van der Waals surface area contributed by atoms with Gasteiger partial charge in [-0.1, -0.05) is 36.4 Å². The monoisotopic (exact) mass is 281 g/mol. The van der Waals surface area contributed by atoms with Crippen molar-refractivity contribution in [3.8, 4) is 0 Å². The summed E-state index contributed by atoms with van der Waals surface area (Å²) < 4.78 is 2.22. The van der Waals surface area contributed by atoms with Crippen molar-refractivity contribution in [2.75, 3.05) is 0 Å². The molecule has 2 N–H and O–H groups in total. The van der Waals surface area contributed by atoms with Gasteiger partial charge in [-0.3, -0.25) is 0 Å². The lowest BCUT2D eigenvalue weighted by molar-refractivity contribution is -0.0375. The molecule has 3 aromatic rings. The van der Waals surface area contributed by atoms with Crippen LogP contribution in [0.4, 0.5) is 0 Å². The quantitative estimate of drug-likeness (QED) is 0.719. The molecule has 0 aliphatic heterocycles. The minimum Gasteiger partial charge on any atom is -0.390 e. The molecule has 1 saturated carbocycles. The first-order chi connectivity index (χ1) is 10.3. The molecule has 3 nitrogen and oxygen atoms in total. The van der Waals surface area contributed by atoms with Gasteiger partial charge >= 0.3 is 0 Å². The molecule has 2 aromatic carbocycles. The number of hydrogen-bond acceptors (Lipinski definition) is 2. The largest absolute Gasteiger partial charge is 0.390 e. The summed E-state index contributed by atoms with van der Waals surface area (Å²) in [5, 5.41) is 22.9. The zero-order chi connectivity index (χ0) is 14.4. The Morgan fingerprint density at radius 2 is 1.38 bits per heavy atom. The van der Waals surface area contributed by atoms with Crippen molar-refractivity contribution in [3.63, 3.8) is 0 Å². The van der Waals surface area contributed by atoms with Crippen molar-refractivity contribution in [3.05, 3.63) is 48.5 Å². The average molecular weight is 281 g/mol. The van der Waals surface area contributed by atoms with Crippen LogP contribution < -0.4 is 0 Å². The molecule has 1 aliphatic rings. The van der Waals surface area contributed by atoms with E-state index in [0.29, 0.717) is 6.42 Å². The molecule has 0 bridgehead atoms. The second-order valence-electron chi connectivity index (χ2n) is 5.96. The zero-order valence-corrected chi connectivity index (χ0v) is 11.8. The standard InChI is InChI=1S/C18H19NO2/c20-17-11-5-10-16(18(17)21)19-14-8-3-1-6-12(14)13-7-2-4-9-15(13)19/h1-4,6-9,16-18,20-21H,5,10-11H2/t16-,17-,18+/m1/s1. The molecule has 0 amide bonds. The van der Waals surface area contributed by atoms with Crippen molar-refractivity contribution in [2.24, 2.45) is 0 Å². The van der Waals surface area contributed by atoms with Gasteiger partial charge < -0.3 is 14.8 Å². The highest BCUT2D eigenvalue weighted by Gasteiger charge is 2.33. The fourth-order valence-corrected chi connectivity index (χ4v) is 3.73. The van der Waals surface area contributed by atoms with E-state index in [2.05, 4.69) is 28.8 Å². The maximum Gasteiger partial charge on any atom is 0.101 e. The number of aliphatic hydroxyl groups is 2. The third-order valence-corrected chi connectivity index (χ3v) is 4.74. The Morgan fingerprint density at radius 1 is 0.810 bits per heavy atom. The first-order valence-corrected chi connectivity index (χ1v) is 7.61. The van der Waals surface area contributed by atoms with Gasteiger partial charge in [-0.15, -0.1) is 0 Å². The van der Waals surface area contributed by atoms with Gasteiger partial charge in [0.25, 0.3) is 0 Å². The summed E-state index contributed by atoms with van der Waals surface area (Å²) in [6.07, 6.45) is 1.22. The fraction of sp³-hybridized carbons (Fsp3) is 0.333. The molecule has 21 heavy (non-hydrogen) atoms. The number of fused-ring (bicyclic) bond motifs is 3. The molecule has 4 rings (SSSR count). The van der Waals surface area contributed by atoms with E-state index in [1.807, 2.05) is 24.3 Å². The second-order valence-corrected chi connectivity index (χ2v) is 5.96. The van der Waals surface area contributed by atoms with Crippen LogP contribution in [0.5, 0.6) is 0 Å². The number of hydrogen-bond donors (Lipinski definition) is 2. The van der Waals surface area contributed by atoms with E-state index in [9.17, 15) is 10.2 Å². The van der Waals surface area contributed by atoms with E-state index in [1.165, 1.54) is 10.8 Å². The molecule has 1 aromatic heterocycles. The van der Waals surface area contributed by atoms with Crippen LogP contribution in [-0.2, 0) is 0 Å². The van der Waals surface area contributed by atoms with E-state index < -0.39 is 12.2 Å². The van der Waals surface area contributed by atoms with Crippen LogP contribution in [0.2, 0.25) is 0 Å². The molecule has 0 radical (unpaired) electrons. The highest BCUT2D eigenvalue weighted by Crippen LogP contribution is 2.37. The van der Waals surface area contributed by atoms with E-state index in [0.717, 1.165) is 23.9 Å². The topological polar surface area (TPSA) is 45.4 Å². The van der Waals surface area contributed by atoms with E-state index in [4.69, 9.17) is 0 Å². The fourth-order valence-electron chi connectivity index (χ4n) is 3.73. The third-order valence-electron chi connectivity index (χ3n) is 4.74. The highest BCUT2D eigenvalue weighted by atomic mass is 16.3. The van der Waals surface area contributed by atoms with Gasteiger partial charge in [-0.2, -0.15) is 0 Å². The Kier molecular flexibility index (Phi) is 2.98. The van der Waals surface area contributed by atoms with Gasteiger partial charge in [0.2, 0.25) is 0 Å². The normalized spacial score (nSPS) is 26.5. The van der Waals surface area contributed by atoms with Crippen molar-refractivity contribution in [1.29, 1.82) is 0 Å². The summed E-state index contributed by atoms with van der Waals surface area (Å²) in [4.78, 5) is 0. The average Bonchev–Trinajstić information content (AvgIpc) is 2.85. The molecular formula is C18H19NO2. The molecule has 0 spiro atoms. The lowest BCUT2D eigenvalue weighted by Crippen LogP contribution is -2.38. The Balaban J connectivity index is 2.01. The Hall–Kier alpha value is -1.84. The first-order valence-electron chi connectivity index (χ1n) is 7.61. The number of para-hydroxylation sites is 2. The highest BCUT2D eigenvalue weighted by molar-refractivity contribution is 6.08. The lowest BCUT2D eigenvalue weighted by Gasteiger charge is -2.33. The summed E-state index contributed by atoms with van der Waals surface area (Å²) in [5.41, 5.74) is 2.27.